The van der Waals surface area contributed by atoms with E-state index in [-0.39, 0.29) is 0 Å². The van der Waals surface area contributed by atoms with Crippen molar-refractivity contribution in [1.82, 2.24) is 0 Å². The van der Waals surface area contributed by atoms with Gasteiger partial charge in [-0.25, -0.2) is 13.6 Å². The summed E-state index contributed by atoms with van der Waals surface area (Å²) in [6.07, 6.45) is 0. The molecule has 0 saturated heterocycles. The van der Waals surface area contributed by atoms with Crippen LogP contribution in [0.4, 0.5) is 8.78 Å². The van der Waals surface area contributed by atoms with Crippen molar-refractivity contribution >= 4 is 11.8 Å². The van der Waals surface area contributed by atoms with Gasteiger partial charge in [0.1, 0.15) is 0 Å². The third-order valence-electron chi connectivity index (χ3n) is 1.80. The fourth-order valence-corrected chi connectivity index (χ4v) is 1.04. The van der Waals surface area contributed by atoms with Crippen molar-refractivity contribution in [2.45, 2.75) is 0 Å². The maximum Gasteiger partial charge on any atom is 0.338 e. The highest BCUT2D eigenvalue weighted by molar-refractivity contribution is 5.99. The zero-order chi connectivity index (χ0) is 11.6. The molecule has 0 aliphatic carbocycles. The van der Waals surface area contributed by atoms with E-state index in [4.69, 9.17) is 10.8 Å². The summed E-state index contributed by atoms with van der Waals surface area (Å²) >= 11 is 0. The van der Waals surface area contributed by atoms with E-state index in [9.17, 15) is 18.4 Å². The van der Waals surface area contributed by atoms with Crippen LogP contribution in [0.2, 0.25) is 0 Å². The van der Waals surface area contributed by atoms with Gasteiger partial charge in [0.15, 0.2) is 17.4 Å². The topological polar surface area (TPSA) is 80.4 Å². The van der Waals surface area contributed by atoms with E-state index in [1.807, 2.05) is 0 Å². The first kappa shape index (κ1) is 11.3. The lowest BCUT2D eigenvalue weighted by Crippen LogP contribution is -2.17. The van der Waals surface area contributed by atoms with Crippen LogP contribution in [0.25, 0.3) is 0 Å². The third kappa shape index (κ3) is 1.99. The van der Waals surface area contributed by atoms with Gasteiger partial charge in [-0.2, -0.15) is 0 Å². The van der Waals surface area contributed by atoms with Gasteiger partial charge in [0.25, 0.3) is 0 Å². The Kier molecular flexibility index (Phi) is 3.11. The number of carbonyl (C=O) groups excluding carboxylic acids is 1. The molecule has 0 aromatic heterocycles. The number of carbonyl (C=O) groups is 2. The summed E-state index contributed by atoms with van der Waals surface area (Å²) in [6.45, 7) is -0.469. The van der Waals surface area contributed by atoms with Crippen molar-refractivity contribution in [3.8, 4) is 0 Å². The van der Waals surface area contributed by atoms with Crippen LogP contribution in [0.1, 0.15) is 20.7 Å². The highest BCUT2D eigenvalue weighted by atomic mass is 19.2. The van der Waals surface area contributed by atoms with Crippen molar-refractivity contribution in [3.63, 3.8) is 0 Å². The molecule has 4 nitrogen and oxygen atoms in total. The summed E-state index contributed by atoms with van der Waals surface area (Å²) in [5.74, 6) is -5.42. The number of carboxylic acids is 1. The number of benzene rings is 1. The van der Waals surface area contributed by atoms with Crippen LogP contribution in [0, 0.1) is 11.6 Å². The summed E-state index contributed by atoms with van der Waals surface area (Å²) < 4.78 is 26.2. The average Bonchev–Trinajstić information content (AvgIpc) is 2.20. The molecule has 1 aromatic rings. The lowest BCUT2D eigenvalue weighted by atomic mass is 10.1. The molecule has 1 aromatic carbocycles. The van der Waals surface area contributed by atoms with Crippen LogP contribution in [0.3, 0.4) is 0 Å². The Morgan fingerprint density at radius 1 is 1.20 bits per heavy atom. The van der Waals surface area contributed by atoms with Crippen molar-refractivity contribution in [1.29, 1.82) is 0 Å². The van der Waals surface area contributed by atoms with Crippen LogP contribution in [0.15, 0.2) is 12.1 Å². The zero-order valence-corrected chi connectivity index (χ0v) is 7.46. The van der Waals surface area contributed by atoms with Gasteiger partial charge >= 0.3 is 5.97 Å². The lowest BCUT2D eigenvalue weighted by molar-refractivity contribution is 0.0689. The second-order valence-corrected chi connectivity index (χ2v) is 2.72. The Balaban J connectivity index is 3.33. The number of hydrogen-bond acceptors (Lipinski definition) is 3. The first-order chi connectivity index (χ1) is 6.99. The Hall–Kier alpha value is -1.82. The van der Waals surface area contributed by atoms with Gasteiger partial charge in [0, 0.05) is 0 Å². The average molecular weight is 215 g/mol. The predicted molar refractivity (Wildman–Crippen MR) is 46.7 cm³/mol. The molecular formula is C9H7F2NO3. The van der Waals surface area contributed by atoms with Crippen LogP contribution in [0.5, 0.6) is 0 Å². The van der Waals surface area contributed by atoms with Crippen molar-refractivity contribution in [2.24, 2.45) is 5.73 Å². The third-order valence-corrected chi connectivity index (χ3v) is 1.80. The molecule has 15 heavy (non-hydrogen) atoms. The molecule has 3 N–H and O–H groups in total. The minimum Gasteiger partial charge on any atom is -0.478 e. The quantitative estimate of drug-likeness (QED) is 0.731. The van der Waals surface area contributed by atoms with Gasteiger partial charge in [-0.05, 0) is 12.1 Å². The summed E-state index contributed by atoms with van der Waals surface area (Å²) in [4.78, 5) is 21.4. The minimum atomic E-state index is -1.60. The molecule has 0 fully saturated rings. The van der Waals surface area contributed by atoms with Crippen LogP contribution in [-0.2, 0) is 0 Å². The highest BCUT2D eigenvalue weighted by Crippen LogP contribution is 2.16. The van der Waals surface area contributed by atoms with Gasteiger partial charge in [-0.1, -0.05) is 0 Å². The van der Waals surface area contributed by atoms with Crippen molar-refractivity contribution < 1.29 is 23.5 Å². The summed E-state index contributed by atoms with van der Waals surface area (Å²) in [7, 11) is 0. The van der Waals surface area contributed by atoms with E-state index >= 15 is 0 Å². The fraction of sp³-hybridized carbons (Fsp3) is 0.111. The second kappa shape index (κ2) is 4.14. The molecule has 0 atom stereocenters. The molecule has 0 heterocycles. The molecule has 1 rings (SSSR count). The smallest absolute Gasteiger partial charge is 0.338 e. The molecule has 80 valence electrons. The number of ketones is 1. The van der Waals surface area contributed by atoms with E-state index < -0.39 is 41.1 Å². The largest absolute Gasteiger partial charge is 0.478 e. The first-order valence-corrected chi connectivity index (χ1v) is 3.93. The molecule has 0 radical (unpaired) electrons. The molecule has 0 aliphatic rings. The van der Waals surface area contributed by atoms with E-state index in [0.717, 1.165) is 12.1 Å². The first-order valence-electron chi connectivity index (χ1n) is 3.93. The Morgan fingerprint density at radius 3 is 2.13 bits per heavy atom. The van der Waals surface area contributed by atoms with Gasteiger partial charge in [0.05, 0.1) is 17.7 Å². The van der Waals surface area contributed by atoms with E-state index in [1.165, 1.54) is 0 Å². The fourth-order valence-electron chi connectivity index (χ4n) is 1.04. The summed E-state index contributed by atoms with van der Waals surface area (Å²) in [5, 5.41) is 8.46. The second-order valence-electron chi connectivity index (χ2n) is 2.72. The Bertz CT molecular complexity index is 432. The monoisotopic (exact) mass is 215 g/mol. The summed E-state index contributed by atoms with van der Waals surface area (Å²) in [5.41, 5.74) is 3.61. The van der Waals surface area contributed by atoms with Gasteiger partial charge in [-0.15, -0.1) is 0 Å². The van der Waals surface area contributed by atoms with Crippen LogP contribution >= 0.6 is 0 Å². The normalized spacial score (nSPS) is 10.1. The lowest BCUT2D eigenvalue weighted by Gasteiger charge is -2.03. The number of aromatic carboxylic acids is 1. The van der Waals surface area contributed by atoms with E-state index in [1.54, 1.807) is 0 Å². The maximum absolute atomic E-state index is 13.1. The Morgan fingerprint density at radius 2 is 1.67 bits per heavy atom. The number of halogens is 2. The molecular weight excluding hydrogens is 208 g/mol. The molecule has 0 saturated carbocycles. The van der Waals surface area contributed by atoms with Crippen LogP contribution in [-0.4, -0.2) is 23.4 Å². The summed E-state index contributed by atoms with van der Waals surface area (Å²) in [6, 6.07) is 1.72. The Labute approximate surface area is 83.3 Å². The number of nitrogens with two attached hydrogens (primary N) is 1. The van der Waals surface area contributed by atoms with Crippen molar-refractivity contribution in [3.05, 3.63) is 34.9 Å². The molecule has 0 bridgehead atoms. The SMILES string of the molecule is NCC(=O)c1ccc(C(=O)O)c(F)c1F. The predicted octanol–water partition coefficient (Wildman–Crippen LogP) is 0.804. The number of carboxylic acid groups (broad SMARTS) is 1. The molecule has 6 heteroatoms. The highest BCUT2D eigenvalue weighted by Gasteiger charge is 2.20. The number of hydrogen-bond donors (Lipinski definition) is 2. The van der Waals surface area contributed by atoms with Gasteiger partial charge in [-0.3, -0.25) is 4.79 Å². The van der Waals surface area contributed by atoms with Crippen LogP contribution < -0.4 is 5.73 Å². The van der Waals surface area contributed by atoms with Gasteiger partial charge < -0.3 is 10.8 Å². The number of rotatable bonds is 3. The van der Waals surface area contributed by atoms with Gasteiger partial charge in [0.2, 0.25) is 0 Å². The standard InChI is InChI=1S/C9H7F2NO3/c10-7-4(6(13)3-12)1-2-5(8(7)11)9(14)15/h1-2H,3,12H2,(H,14,15). The van der Waals surface area contributed by atoms with E-state index in [2.05, 4.69) is 0 Å². The minimum absolute atomic E-state index is 0.469. The molecule has 0 unspecified atom stereocenters. The van der Waals surface area contributed by atoms with Crippen molar-refractivity contribution in [2.75, 3.05) is 6.54 Å². The maximum atomic E-state index is 13.1. The molecule has 0 spiro atoms. The molecule has 0 aliphatic heterocycles. The zero-order valence-electron chi connectivity index (χ0n) is 7.46. The molecule has 0 amide bonds. The number of Topliss-reactive ketones (excluding diaryl/α,β-unsaturated/α-hetero) is 1. The van der Waals surface area contributed by atoms with E-state index in [0.29, 0.717) is 0 Å².